The number of halogens is 3. The van der Waals surface area contributed by atoms with Crippen molar-refractivity contribution in [2.24, 2.45) is 28.0 Å². The van der Waals surface area contributed by atoms with Gasteiger partial charge in [-0.2, -0.15) is 10.2 Å². The fraction of sp³-hybridized carbons (Fsp3) is 0.314. The van der Waals surface area contributed by atoms with Crippen LogP contribution in [0, 0.1) is 17.8 Å². The number of amides is 4. The average molecular weight is 751 g/mol. The number of carbonyl (C=O) groups is 4. The van der Waals surface area contributed by atoms with Gasteiger partial charge in [0, 0.05) is 42.8 Å². The molecule has 0 bridgehead atoms. The van der Waals surface area contributed by atoms with Crippen molar-refractivity contribution in [3.8, 4) is 5.75 Å². The molecule has 2 heterocycles. The molecule has 2 saturated heterocycles. The first-order chi connectivity index (χ1) is 22.8. The van der Waals surface area contributed by atoms with E-state index in [1.54, 1.807) is 36.4 Å². The summed E-state index contributed by atoms with van der Waals surface area (Å²) in [5, 5.41) is 19.6. The number of hydrogen-bond donors (Lipinski definition) is 1. The zero-order chi connectivity index (χ0) is 34.3. The number of phenols is 1. The molecule has 2 aliphatic heterocycles. The highest BCUT2D eigenvalue weighted by Crippen LogP contribution is 2.66. The number of imide groups is 2. The lowest BCUT2D eigenvalue weighted by Gasteiger charge is -2.50. The molecule has 3 aromatic carbocycles. The normalized spacial score (nSPS) is 29.7. The molecule has 246 valence electrons. The van der Waals surface area contributed by atoms with Crippen LogP contribution in [0.4, 0.5) is 22.7 Å². The van der Waals surface area contributed by atoms with Gasteiger partial charge in [-0.15, -0.1) is 23.2 Å². The Bertz CT molecular complexity index is 1950. The van der Waals surface area contributed by atoms with Gasteiger partial charge in [-0.1, -0.05) is 27.6 Å². The van der Waals surface area contributed by atoms with Gasteiger partial charge in [0.2, 0.25) is 11.8 Å². The van der Waals surface area contributed by atoms with E-state index in [1.165, 1.54) is 18.0 Å². The van der Waals surface area contributed by atoms with Crippen LogP contribution < -0.4 is 9.80 Å². The van der Waals surface area contributed by atoms with Crippen molar-refractivity contribution in [1.82, 2.24) is 4.90 Å². The first-order valence-corrected chi connectivity index (χ1v) is 16.9. The number of allylic oxidation sites excluding steroid dienone is 2. The summed E-state index contributed by atoms with van der Waals surface area (Å²) >= 11 is 17.8. The number of alkyl halides is 2. The molecule has 4 amide bonds. The Morgan fingerprint density at radius 3 is 2.12 bits per heavy atom. The maximum atomic E-state index is 14.3. The minimum absolute atomic E-state index is 0.132. The van der Waals surface area contributed by atoms with Gasteiger partial charge in [-0.3, -0.25) is 29.0 Å². The number of carbonyl (C=O) groups excluding carboxylic acids is 4. The number of benzene rings is 3. The predicted octanol–water partition coefficient (Wildman–Crippen LogP) is 6.83. The molecule has 3 fully saturated rings. The number of nitrogens with zero attached hydrogens (tertiary/aromatic N) is 5. The highest BCUT2D eigenvalue weighted by Gasteiger charge is 2.76. The van der Waals surface area contributed by atoms with Crippen molar-refractivity contribution in [2.45, 2.75) is 28.5 Å². The average Bonchev–Trinajstić information content (AvgIpc) is 3.40. The van der Waals surface area contributed by atoms with Crippen molar-refractivity contribution in [3.05, 3.63) is 88.4 Å². The quantitative estimate of drug-likeness (QED) is 0.132. The van der Waals surface area contributed by atoms with Crippen molar-refractivity contribution in [1.29, 1.82) is 0 Å². The molecule has 10 nitrogen and oxygen atoms in total. The molecule has 48 heavy (non-hydrogen) atoms. The molecule has 1 saturated carbocycles. The SMILES string of the molecule is CN1C(=O)[C@]2(Cl)C[C@@H]3C(=CC[C@@H]4C(=O)N(c5ccc(N=Nc6ccc(N(C)C)cc6)cc5)C(=O)[C@@H]43)[C@H](c3cc(Br)ccc3O)[C@]2(Cl)C1=O. The summed E-state index contributed by atoms with van der Waals surface area (Å²) < 4.78 is 0.612. The number of azo groups is 1. The topological polar surface area (TPSA) is 123 Å². The predicted molar refractivity (Wildman–Crippen MR) is 185 cm³/mol. The summed E-state index contributed by atoms with van der Waals surface area (Å²) in [5.41, 5.74) is 3.53. The minimum atomic E-state index is -1.97. The van der Waals surface area contributed by atoms with Gasteiger partial charge in [0.05, 0.1) is 28.9 Å². The number of fused-ring (bicyclic) bond motifs is 4. The Morgan fingerprint density at radius 1 is 0.875 bits per heavy atom. The fourth-order valence-corrected chi connectivity index (χ4v) is 9.09. The van der Waals surface area contributed by atoms with E-state index in [9.17, 15) is 24.3 Å². The summed E-state index contributed by atoms with van der Waals surface area (Å²) in [4.78, 5) is 55.7. The van der Waals surface area contributed by atoms with Crippen molar-refractivity contribution in [3.63, 3.8) is 0 Å². The Morgan fingerprint density at radius 2 is 1.50 bits per heavy atom. The molecule has 2 aliphatic carbocycles. The Kier molecular flexibility index (Phi) is 7.80. The minimum Gasteiger partial charge on any atom is -0.508 e. The molecule has 4 aliphatic rings. The summed E-state index contributed by atoms with van der Waals surface area (Å²) in [6.07, 6.45) is 1.91. The molecule has 7 rings (SSSR count). The molecule has 0 spiro atoms. The van der Waals surface area contributed by atoms with Crippen LogP contribution >= 0.6 is 39.1 Å². The molecular formula is C35H30BrCl2N5O5. The lowest BCUT2D eigenvalue weighted by atomic mass is 9.56. The number of anilines is 2. The van der Waals surface area contributed by atoms with Crippen LogP contribution in [0.2, 0.25) is 0 Å². The highest BCUT2D eigenvalue weighted by molar-refractivity contribution is 9.10. The third-order valence-electron chi connectivity index (χ3n) is 10.1. The number of likely N-dealkylation sites (tertiary alicyclic amines) is 1. The van der Waals surface area contributed by atoms with E-state index < -0.39 is 51.1 Å². The molecule has 0 aromatic heterocycles. The van der Waals surface area contributed by atoms with Gasteiger partial charge in [0.25, 0.3) is 11.8 Å². The van der Waals surface area contributed by atoms with Crippen molar-refractivity contribution < 1.29 is 24.3 Å². The van der Waals surface area contributed by atoms with Gasteiger partial charge in [-0.05, 0) is 85.5 Å². The number of hydrogen-bond acceptors (Lipinski definition) is 8. The zero-order valence-corrected chi connectivity index (χ0v) is 29.2. The maximum absolute atomic E-state index is 14.3. The number of phenolic OH excluding ortho intramolecular Hbond substituents is 1. The van der Waals surface area contributed by atoms with Crippen molar-refractivity contribution in [2.75, 3.05) is 30.9 Å². The van der Waals surface area contributed by atoms with Gasteiger partial charge in [-0.25, -0.2) is 0 Å². The molecule has 13 heteroatoms. The van der Waals surface area contributed by atoms with Crippen LogP contribution in [0.1, 0.15) is 24.3 Å². The molecular weight excluding hydrogens is 721 g/mol. The molecule has 0 radical (unpaired) electrons. The number of aromatic hydroxyl groups is 1. The lowest BCUT2D eigenvalue weighted by Crippen LogP contribution is -2.60. The number of rotatable bonds is 5. The highest BCUT2D eigenvalue weighted by atomic mass is 79.9. The molecule has 1 N–H and O–H groups in total. The van der Waals surface area contributed by atoms with E-state index >= 15 is 0 Å². The molecule has 3 aromatic rings. The van der Waals surface area contributed by atoms with E-state index in [4.69, 9.17) is 23.2 Å². The van der Waals surface area contributed by atoms with E-state index in [1.807, 2.05) is 49.3 Å². The van der Waals surface area contributed by atoms with E-state index in [-0.39, 0.29) is 24.5 Å². The smallest absolute Gasteiger partial charge is 0.253 e. The van der Waals surface area contributed by atoms with Crippen LogP contribution in [0.15, 0.2) is 93.1 Å². The van der Waals surface area contributed by atoms with Gasteiger partial charge >= 0.3 is 0 Å². The van der Waals surface area contributed by atoms with E-state index in [2.05, 4.69) is 26.2 Å². The molecule has 6 atom stereocenters. The Balaban J connectivity index is 1.22. The van der Waals surface area contributed by atoms with Gasteiger partial charge in [0.1, 0.15) is 5.75 Å². The van der Waals surface area contributed by atoms with Crippen LogP contribution in [-0.2, 0) is 19.2 Å². The van der Waals surface area contributed by atoms with Gasteiger partial charge < -0.3 is 10.0 Å². The fourth-order valence-electron chi connectivity index (χ4n) is 7.70. The van der Waals surface area contributed by atoms with Gasteiger partial charge in [0.15, 0.2) is 9.75 Å². The summed E-state index contributed by atoms with van der Waals surface area (Å²) in [6.45, 7) is 0. The summed E-state index contributed by atoms with van der Waals surface area (Å²) in [5.74, 6) is -5.62. The van der Waals surface area contributed by atoms with Crippen molar-refractivity contribution >= 4 is 85.5 Å². The van der Waals surface area contributed by atoms with Crippen LogP contribution in [-0.4, -0.2) is 64.5 Å². The second-order valence-electron chi connectivity index (χ2n) is 12.8. The Hall–Kier alpha value is -4.06. The second-order valence-corrected chi connectivity index (χ2v) is 15.0. The van der Waals surface area contributed by atoms with Crippen LogP contribution in [0.25, 0.3) is 0 Å². The summed E-state index contributed by atoms with van der Waals surface area (Å²) in [7, 11) is 5.23. The van der Waals surface area contributed by atoms with E-state index in [0.717, 1.165) is 10.6 Å². The Labute approximate surface area is 295 Å². The first-order valence-electron chi connectivity index (χ1n) is 15.3. The first kappa shape index (κ1) is 32.5. The second kappa shape index (κ2) is 11.5. The standard InChI is InChI=1S/C35H30BrCl2N5O5/c1-41(2)21-9-5-19(6-10-21)39-40-20-7-11-22(12-8-20)43-30(45)24-14-13-23-26(28(24)31(43)46)17-34(37)32(47)42(3)33(48)35(34,38)29(23)25-16-18(36)4-15-27(25)44/h4-13,15-16,24,26,28-29,44H,14,17H2,1-3H3/t24-,26+,28-,29+,34+,35-/m0/s1. The monoisotopic (exact) mass is 749 g/mol. The zero-order valence-electron chi connectivity index (χ0n) is 26.1. The van der Waals surface area contributed by atoms with E-state index in [0.29, 0.717) is 32.7 Å². The largest absolute Gasteiger partial charge is 0.508 e. The van der Waals surface area contributed by atoms with Crippen LogP contribution in [0.3, 0.4) is 0 Å². The summed E-state index contributed by atoms with van der Waals surface area (Å²) in [6, 6.07) is 19.0. The molecule has 0 unspecified atom stereocenters. The third-order valence-corrected chi connectivity index (χ3v) is 12.0. The third kappa shape index (κ3) is 4.65. The lowest BCUT2D eigenvalue weighted by molar-refractivity contribution is -0.138. The van der Waals surface area contributed by atoms with Crippen LogP contribution in [0.5, 0.6) is 5.75 Å². The maximum Gasteiger partial charge on any atom is 0.253 e.